The number of para-hydroxylation sites is 2. The average molecular weight is 845 g/mol. The molecule has 310 valence electrons. The van der Waals surface area contributed by atoms with E-state index in [2.05, 4.69) is 234 Å². The maximum Gasteiger partial charge on any atom is 0.137 e. The summed E-state index contributed by atoms with van der Waals surface area (Å²) < 4.78 is 12.9. The summed E-state index contributed by atoms with van der Waals surface area (Å²) in [5.74, 6) is 0. The van der Waals surface area contributed by atoms with Gasteiger partial charge >= 0.3 is 0 Å². The van der Waals surface area contributed by atoms with E-state index in [0.717, 1.165) is 100 Å². The number of hydrogen-bond acceptors (Lipinski definition) is 4. The fourth-order valence-corrected chi connectivity index (χ4v) is 9.91. The first-order valence-corrected chi connectivity index (χ1v) is 22.4. The topological polar surface area (TPSA) is 32.8 Å². The third kappa shape index (κ3) is 6.30. The normalized spacial score (nSPS) is 11.6. The summed E-state index contributed by atoms with van der Waals surface area (Å²) >= 11 is 0. The Labute approximate surface area is 381 Å². The Bertz CT molecular complexity index is 3960. The molecular weight excluding hydrogens is 805 g/mol. The fourth-order valence-electron chi connectivity index (χ4n) is 9.91. The van der Waals surface area contributed by atoms with Crippen LogP contribution in [0.2, 0.25) is 0 Å². The number of anilines is 6. The molecule has 0 saturated carbocycles. The molecule has 0 spiro atoms. The Morgan fingerprint density at radius 2 is 0.727 bits per heavy atom. The molecule has 0 aliphatic heterocycles. The van der Waals surface area contributed by atoms with E-state index in [4.69, 9.17) is 8.83 Å². The lowest BCUT2D eigenvalue weighted by atomic mass is 9.95. The second kappa shape index (κ2) is 15.4. The smallest absolute Gasteiger partial charge is 0.137 e. The molecule has 0 radical (unpaired) electrons. The predicted octanol–water partition coefficient (Wildman–Crippen LogP) is 18.1. The summed E-state index contributed by atoms with van der Waals surface area (Å²) in [7, 11) is 0. The molecule has 0 aliphatic carbocycles. The van der Waals surface area contributed by atoms with Crippen LogP contribution in [0.1, 0.15) is 0 Å². The Morgan fingerprint density at radius 1 is 0.258 bits per heavy atom. The minimum atomic E-state index is 0.854. The number of nitrogens with zero attached hydrogens (tertiary/aromatic N) is 2. The SMILES string of the molecule is c1ccc(-c2cc(-c3ccc(N(c4ccc5ccccc5c4)c4cccc5oc6ccccc6c45)cc3)ccc2N(c2ccc3ccccc3c2)c2cccc3oc4ccccc4c23)cc1. The molecule has 66 heavy (non-hydrogen) atoms. The molecule has 0 amide bonds. The van der Waals surface area contributed by atoms with Gasteiger partial charge in [0.05, 0.1) is 27.8 Å². The van der Waals surface area contributed by atoms with Crippen molar-refractivity contribution in [2.24, 2.45) is 0 Å². The molecule has 0 bridgehead atoms. The molecule has 0 N–H and O–H groups in total. The van der Waals surface area contributed by atoms with Gasteiger partial charge in [-0.2, -0.15) is 0 Å². The fraction of sp³-hybridized carbons (Fsp3) is 0. The van der Waals surface area contributed by atoms with Gasteiger partial charge in [-0.1, -0.05) is 158 Å². The molecule has 13 rings (SSSR count). The van der Waals surface area contributed by atoms with E-state index in [1.807, 2.05) is 18.2 Å². The van der Waals surface area contributed by atoms with Gasteiger partial charge in [0.2, 0.25) is 0 Å². The molecule has 11 aromatic carbocycles. The zero-order valence-electron chi connectivity index (χ0n) is 35.8. The lowest BCUT2D eigenvalue weighted by Crippen LogP contribution is -2.12. The molecule has 0 atom stereocenters. The van der Waals surface area contributed by atoms with Crippen molar-refractivity contribution in [2.45, 2.75) is 0 Å². The van der Waals surface area contributed by atoms with Gasteiger partial charge in [-0.15, -0.1) is 0 Å². The molecule has 13 aromatic rings. The Balaban J connectivity index is 0.982. The van der Waals surface area contributed by atoms with Gasteiger partial charge < -0.3 is 18.6 Å². The van der Waals surface area contributed by atoms with Crippen LogP contribution in [-0.4, -0.2) is 0 Å². The van der Waals surface area contributed by atoms with E-state index in [-0.39, 0.29) is 0 Å². The minimum absolute atomic E-state index is 0.854. The summed E-state index contributed by atoms with van der Waals surface area (Å²) in [5.41, 5.74) is 14.3. The lowest BCUT2D eigenvalue weighted by Gasteiger charge is -2.29. The van der Waals surface area contributed by atoms with Crippen LogP contribution < -0.4 is 9.80 Å². The van der Waals surface area contributed by atoms with Gasteiger partial charge in [0.1, 0.15) is 22.3 Å². The van der Waals surface area contributed by atoms with Crippen molar-refractivity contribution in [1.82, 2.24) is 0 Å². The molecule has 0 unspecified atom stereocenters. The molecule has 0 fully saturated rings. The molecule has 2 heterocycles. The van der Waals surface area contributed by atoms with Crippen LogP contribution >= 0.6 is 0 Å². The highest BCUT2D eigenvalue weighted by atomic mass is 16.3. The first-order chi connectivity index (χ1) is 32.7. The van der Waals surface area contributed by atoms with E-state index < -0.39 is 0 Å². The summed E-state index contributed by atoms with van der Waals surface area (Å²) in [6.45, 7) is 0. The lowest BCUT2D eigenvalue weighted by molar-refractivity contribution is 0.668. The van der Waals surface area contributed by atoms with E-state index in [1.54, 1.807) is 0 Å². The summed E-state index contributed by atoms with van der Waals surface area (Å²) in [5, 5.41) is 9.11. The number of hydrogen-bond donors (Lipinski definition) is 0. The minimum Gasteiger partial charge on any atom is -0.456 e. The standard InChI is InChI=1S/C62H40N2O2/c1-2-16-44(17-3-1)53-40-47(32-37-54(53)64(50-36-31-42-15-5-7-19-46(42)39-50)56-23-13-27-60-62(56)52-21-9-11-25-58(52)66-60)43-28-33-48(34-29-43)63(49-35-30-41-14-4-6-18-45(41)38-49)55-22-12-26-59-61(55)51-20-8-10-24-57(51)65-59/h1-40H. The zero-order valence-corrected chi connectivity index (χ0v) is 35.8. The van der Waals surface area contributed by atoms with Crippen molar-refractivity contribution >= 4 is 99.5 Å². The van der Waals surface area contributed by atoms with Gasteiger partial charge in [-0.3, -0.25) is 0 Å². The Kier molecular flexibility index (Phi) is 8.81. The van der Waals surface area contributed by atoms with Crippen molar-refractivity contribution in [2.75, 3.05) is 9.80 Å². The summed E-state index contributed by atoms with van der Waals surface area (Å²) in [4.78, 5) is 4.77. The van der Waals surface area contributed by atoms with Gasteiger partial charge in [0.25, 0.3) is 0 Å². The monoisotopic (exact) mass is 844 g/mol. The maximum atomic E-state index is 6.48. The van der Waals surface area contributed by atoms with E-state index in [9.17, 15) is 0 Å². The number of rotatable bonds is 8. The van der Waals surface area contributed by atoms with Gasteiger partial charge in [0.15, 0.2) is 0 Å². The van der Waals surface area contributed by atoms with Crippen LogP contribution in [0, 0.1) is 0 Å². The molecule has 0 saturated heterocycles. The van der Waals surface area contributed by atoms with Crippen LogP contribution in [0.3, 0.4) is 0 Å². The highest BCUT2D eigenvalue weighted by molar-refractivity contribution is 6.15. The Morgan fingerprint density at radius 3 is 1.33 bits per heavy atom. The third-order valence-corrected chi connectivity index (χ3v) is 13.0. The summed E-state index contributed by atoms with van der Waals surface area (Å²) in [6, 6.07) is 86.6. The van der Waals surface area contributed by atoms with Crippen LogP contribution in [0.4, 0.5) is 34.1 Å². The highest BCUT2D eigenvalue weighted by Crippen LogP contribution is 2.48. The second-order valence-corrected chi connectivity index (χ2v) is 16.9. The largest absolute Gasteiger partial charge is 0.456 e. The molecular formula is C62H40N2O2. The third-order valence-electron chi connectivity index (χ3n) is 13.0. The Hall–Kier alpha value is -8.86. The first kappa shape index (κ1) is 37.7. The molecule has 0 aliphatic rings. The second-order valence-electron chi connectivity index (χ2n) is 16.9. The van der Waals surface area contributed by atoms with Crippen molar-refractivity contribution in [1.29, 1.82) is 0 Å². The van der Waals surface area contributed by atoms with E-state index in [0.29, 0.717) is 0 Å². The quantitative estimate of drug-likeness (QED) is 0.153. The number of benzene rings is 11. The molecule has 2 aromatic heterocycles. The van der Waals surface area contributed by atoms with Crippen LogP contribution in [0.5, 0.6) is 0 Å². The van der Waals surface area contributed by atoms with Gasteiger partial charge in [-0.05, 0) is 123 Å². The maximum absolute atomic E-state index is 6.48. The van der Waals surface area contributed by atoms with Crippen molar-refractivity contribution in [3.63, 3.8) is 0 Å². The van der Waals surface area contributed by atoms with Gasteiger partial charge in [0, 0.05) is 33.4 Å². The van der Waals surface area contributed by atoms with Crippen LogP contribution in [0.25, 0.3) is 87.7 Å². The highest BCUT2D eigenvalue weighted by Gasteiger charge is 2.24. The summed E-state index contributed by atoms with van der Waals surface area (Å²) in [6.07, 6.45) is 0. The molecule has 4 nitrogen and oxygen atoms in total. The number of furan rings is 2. The first-order valence-electron chi connectivity index (χ1n) is 22.4. The predicted molar refractivity (Wildman–Crippen MR) is 276 cm³/mol. The van der Waals surface area contributed by atoms with E-state index in [1.165, 1.54) is 21.5 Å². The van der Waals surface area contributed by atoms with Crippen LogP contribution in [-0.2, 0) is 0 Å². The van der Waals surface area contributed by atoms with Gasteiger partial charge in [-0.25, -0.2) is 0 Å². The average Bonchev–Trinajstić information content (AvgIpc) is 3.97. The van der Waals surface area contributed by atoms with Crippen LogP contribution in [0.15, 0.2) is 251 Å². The van der Waals surface area contributed by atoms with Crippen molar-refractivity contribution in [3.05, 3.63) is 243 Å². The van der Waals surface area contributed by atoms with Crippen molar-refractivity contribution < 1.29 is 8.83 Å². The molecule has 4 heteroatoms. The number of fused-ring (bicyclic) bond motifs is 8. The zero-order chi connectivity index (χ0) is 43.6. The van der Waals surface area contributed by atoms with E-state index >= 15 is 0 Å². The van der Waals surface area contributed by atoms with Crippen molar-refractivity contribution in [3.8, 4) is 22.3 Å².